The van der Waals surface area contributed by atoms with Crippen molar-refractivity contribution in [2.75, 3.05) is 13.2 Å². The third kappa shape index (κ3) is 4.29. The van der Waals surface area contributed by atoms with Gasteiger partial charge in [-0.2, -0.15) is 24.0 Å². The van der Waals surface area contributed by atoms with E-state index in [1.165, 1.54) is 6.08 Å². The van der Waals surface area contributed by atoms with Gasteiger partial charge in [-0.1, -0.05) is 0 Å². The van der Waals surface area contributed by atoms with E-state index in [0.717, 1.165) is 21.3 Å². The minimum absolute atomic E-state index is 0.00172. The number of hydrogen-bond acceptors (Lipinski definition) is 6. The Morgan fingerprint density at radius 2 is 1.91 bits per heavy atom. The molecular formula is C22H20ClF2N5O2. The number of halogens is 3. The number of ether oxygens (including phenoxy) is 2. The van der Waals surface area contributed by atoms with Crippen molar-refractivity contribution in [3.63, 3.8) is 0 Å². The summed E-state index contributed by atoms with van der Waals surface area (Å²) in [6, 6.07) is 5.60. The summed E-state index contributed by atoms with van der Waals surface area (Å²) in [5.41, 5.74) is 2.37. The molecule has 0 unspecified atom stereocenters. The van der Waals surface area contributed by atoms with Gasteiger partial charge < -0.3 is 9.47 Å². The molecule has 1 aromatic carbocycles. The fourth-order valence-electron chi connectivity index (χ4n) is 3.95. The SMILES string of the molecule is Cc1cc(/C=C/C#N)cc(C)c1Oc1nc(Cl)nc2nc(C3CCOCC3)n(C(F)F)c12. The lowest BCUT2D eigenvalue weighted by atomic mass is 9.99. The van der Waals surface area contributed by atoms with Gasteiger partial charge in [-0.3, -0.25) is 4.57 Å². The maximum atomic E-state index is 14.2. The van der Waals surface area contributed by atoms with Gasteiger partial charge in [0, 0.05) is 25.2 Å². The molecule has 1 fully saturated rings. The van der Waals surface area contributed by atoms with Crippen LogP contribution >= 0.6 is 11.6 Å². The molecule has 0 aliphatic carbocycles. The summed E-state index contributed by atoms with van der Waals surface area (Å²) in [6.07, 6.45) is 4.23. The highest BCUT2D eigenvalue weighted by Gasteiger charge is 2.30. The van der Waals surface area contributed by atoms with Crippen LogP contribution in [0.15, 0.2) is 18.2 Å². The van der Waals surface area contributed by atoms with Crippen molar-refractivity contribution < 1.29 is 18.3 Å². The molecule has 0 radical (unpaired) electrons. The largest absolute Gasteiger partial charge is 0.436 e. The molecule has 1 aliphatic heterocycles. The van der Waals surface area contributed by atoms with Crippen molar-refractivity contribution in [1.82, 2.24) is 19.5 Å². The molecule has 10 heteroatoms. The number of nitrogens with zero attached hydrogens (tertiary/aromatic N) is 5. The molecular weight excluding hydrogens is 440 g/mol. The molecule has 7 nitrogen and oxygen atoms in total. The van der Waals surface area contributed by atoms with Gasteiger partial charge in [0.15, 0.2) is 11.2 Å². The zero-order chi connectivity index (χ0) is 22.8. The van der Waals surface area contributed by atoms with Gasteiger partial charge in [-0.05, 0) is 73.2 Å². The number of aromatic nitrogens is 4. The van der Waals surface area contributed by atoms with Gasteiger partial charge in [-0.15, -0.1) is 0 Å². The molecule has 166 valence electrons. The number of aryl methyl sites for hydroxylation is 2. The Bertz CT molecular complexity index is 1210. The molecule has 2 aromatic heterocycles. The minimum Gasteiger partial charge on any atom is -0.436 e. The maximum Gasteiger partial charge on any atom is 0.320 e. The highest BCUT2D eigenvalue weighted by atomic mass is 35.5. The molecule has 0 bridgehead atoms. The van der Waals surface area contributed by atoms with E-state index in [1.54, 1.807) is 6.08 Å². The lowest BCUT2D eigenvalue weighted by molar-refractivity contribution is 0.0574. The fourth-order valence-corrected chi connectivity index (χ4v) is 4.10. The predicted molar refractivity (Wildman–Crippen MR) is 115 cm³/mol. The number of allylic oxidation sites excluding steroid dienone is 1. The van der Waals surface area contributed by atoms with Crippen LogP contribution in [0, 0.1) is 25.2 Å². The first-order valence-corrected chi connectivity index (χ1v) is 10.4. The normalized spacial score (nSPS) is 15.0. The molecule has 1 saturated heterocycles. The zero-order valence-electron chi connectivity index (χ0n) is 17.5. The molecule has 1 aliphatic rings. The van der Waals surface area contributed by atoms with Crippen LogP contribution in [0.4, 0.5) is 8.78 Å². The number of hydrogen-bond donors (Lipinski definition) is 0. The quantitative estimate of drug-likeness (QED) is 0.358. The van der Waals surface area contributed by atoms with Gasteiger partial charge in [0.05, 0.1) is 6.07 Å². The number of rotatable bonds is 5. The van der Waals surface area contributed by atoms with E-state index in [1.807, 2.05) is 32.0 Å². The van der Waals surface area contributed by atoms with Crippen molar-refractivity contribution >= 4 is 28.8 Å². The number of benzene rings is 1. The Hall–Kier alpha value is -3.09. The first-order chi connectivity index (χ1) is 15.4. The highest BCUT2D eigenvalue weighted by Crippen LogP contribution is 2.38. The average Bonchev–Trinajstić information content (AvgIpc) is 3.15. The second-order valence-electron chi connectivity index (χ2n) is 7.52. The van der Waals surface area contributed by atoms with E-state index in [0.29, 0.717) is 31.8 Å². The monoisotopic (exact) mass is 459 g/mol. The van der Waals surface area contributed by atoms with Crippen molar-refractivity contribution in [2.24, 2.45) is 0 Å². The Morgan fingerprint density at radius 3 is 2.53 bits per heavy atom. The van der Waals surface area contributed by atoms with Crippen LogP contribution in [0.1, 0.15) is 47.8 Å². The second-order valence-corrected chi connectivity index (χ2v) is 7.86. The average molecular weight is 460 g/mol. The molecule has 0 spiro atoms. The molecule has 0 N–H and O–H groups in total. The molecule has 4 rings (SSSR count). The van der Waals surface area contributed by atoms with Gasteiger partial charge in [-0.25, -0.2) is 4.98 Å². The van der Waals surface area contributed by atoms with Gasteiger partial charge in [0.25, 0.3) is 5.88 Å². The van der Waals surface area contributed by atoms with E-state index < -0.39 is 6.55 Å². The van der Waals surface area contributed by atoms with Crippen LogP contribution in [0.5, 0.6) is 11.6 Å². The number of imidazole rings is 1. The zero-order valence-corrected chi connectivity index (χ0v) is 18.2. The lowest BCUT2D eigenvalue weighted by Crippen LogP contribution is -2.18. The van der Waals surface area contributed by atoms with Gasteiger partial charge >= 0.3 is 6.55 Å². The summed E-state index contributed by atoms with van der Waals surface area (Å²) < 4.78 is 40.7. The highest BCUT2D eigenvalue weighted by molar-refractivity contribution is 6.28. The van der Waals surface area contributed by atoms with E-state index >= 15 is 0 Å². The van der Waals surface area contributed by atoms with Crippen LogP contribution in [0.2, 0.25) is 5.28 Å². The van der Waals surface area contributed by atoms with E-state index in [2.05, 4.69) is 15.0 Å². The van der Waals surface area contributed by atoms with E-state index in [9.17, 15) is 8.78 Å². The lowest BCUT2D eigenvalue weighted by Gasteiger charge is -2.22. The minimum atomic E-state index is -2.86. The Morgan fingerprint density at radius 1 is 1.22 bits per heavy atom. The summed E-state index contributed by atoms with van der Waals surface area (Å²) in [5, 5.41) is 8.60. The fraction of sp³-hybridized carbons (Fsp3) is 0.364. The number of nitriles is 1. The standard InChI is InChI=1S/C22H20ClF2N5O2/c1-12-10-14(4-3-7-26)11-13(2)17(12)32-20-16-18(28-21(23)29-20)27-19(30(16)22(24)25)15-5-8-31-9-6-15/h3-4,10-11,15,22H,5-6,8-9H2,1-2H3/b4-3+. The Labute approximate surface area is 188 Å². The maximum absolute atomic E-state index is 14.2. The topological polar surface area (TPSA) is 85.8 Å². The first kappa shape index (κ1) is 22.1. The van der Waals surface area contributed by atoms with E-state index in [4.69, 9.17) is 26.3 Å². The summed E-state index contributed by atoms with van der Waals surface area (Å²) >= 11 is 6.08. The summed E-state index contributed by atoms with van der Waals surface area (Å²) in [5.74, 6) is 0.417. The van der Waals surface area contributed by atoms with Crippen LogP contribution in [0.3, 0.4) is 0 Å². The van der Waals surface area contributed by atoms with Crippen molar-refractivity contribution in [2.45, 2.75) is 39.2 Å². The molecule has 32 heavy (non-hydrogen) atoms. The first-order valence-electron chi connectivity index (χ1n) is 10.1. The molecule has 0 amide bonds. The van der Waals surface area contributed by atoms with Crippen molar-refractivity contribution in [3.05, 3.63) is 46.0 Å². The molecule has 0 atom stereocenters. The van der Waals surface area contributed by atoms with Crippen LogP contribution in [-0.4, -0.2) is 32.7 Å². The smallest absolute Gasteiger partial charge is 0.320 e. The number of alkyl halides is 2. The van der Waals surface area contributed by atoms with Crippen molar-refractivity contribution in [3.8, 4) is 17.7 Å². The van der Waals surface area contributed by atoms with Crippen molar-refractivity contribution in [1.29, 1.82) is 5.26 Å². The Balaban J connectivity index is 1.84. The van der Waals surface area contributed by atoms with Gasteiger partial charge in [0.1, 0.15) is 11.6 Å². The Kier molecular flexibility index (Phi) is 6.35. The number of fused-ring (bicyclic) bond motifs is 1. The molecule has 3 aromatic rings. The predicted octanol–water partition coefficient (Wildman–Crippen LogP) is 5.71. The third-order valence-electron chi connectivity index (χ3n) is 5.33. The van der Waals surface area contributed by atoms with Crippen LogP contribution in [0.25, 0.3) is 17.2 Å². The summed E-state index contributed by atoms with van der Waals surface area (Å²) in [4.78, 5) is 12.6. The van der Waals surface area contributed by atoms with Gasteiger partial charge in [0.2, 0.25) is 5.28 Å². The summed E-state index contributed by atoms with van der Waals surface area (Å²) in [7, 11) is 0. The van der Waals surface area contributed by atoms with Crippen LogP contribution < -0.4 is 4.74 Å². The van der Waals surface area contributed by atoms with E-state index in [-0.39, 0.29) is 34.1 Å². The third-order valence-corrected chi connectivity index (χ3v) is 5.50. The second kappa shape index (κ2) is 9.18. The van der Waals surface area contributed by atoms with Crippen LogP contribution in [-0.2, 0) is 4.74 Å². The molecule has 3 heterocycles. The summed E-state index contributed by atoms with van der Waals surface area (Å²) in [6.45, 7) is 1.76. The molecule has 0 saturated carbocycles.